The molecule has 156 valence electrons. The maximum atomic E-state index is 13.1. The SMILES string of the molecule is Cc1cc(C)cc(NC(=O)CSc2nc3ccccc3c(=O)n2C[C@@H]2CCCO2)c1. The van der Waals surface area contributed by atoms with Crippen molar-refractivity contribution < 1.29 is 9.53 Å². The minimum Gasteiger partial charge on any atom is -0.376 e. The van der Waals surface area contributed by atoms with Crippen molar-refractivity contribution in [2.75, 3.05) is 17.7 Å². The molecule has 1 amide bonds. The van der Waals surface area contributed by atoms with Crippen LogP contribution < -0.4 is 10.9 Å². The predicted molar refractivity (Wildman–Crippen MR) is 120 cm³/mol. The number of amides is 1. The molecule has 7 heteroatoms. The molecule has 0 radical (unpaired) electrons. The Hall–Kier alpha value is -2.64. The van der Waals surface area contributed by atoms with E-state index in [9.17, 15) is 9.59 Å². The first kappa shape index (κ1) is 20.6. The van der Waals surface area contributed by atoms with Gasteiger partial charge in [0.05, 0.1) is 29.3 Å². The number of para-hydroxylation sites is 1. The zero-order chi connectivity index (χ0) is 21.1. The second-order valence-corrected chi connectivity index (χ2v) is 8.62. The van der Waals surface area contributed by atoms with Crippen molar-refractivity contribution >= 4 is 34.3 Å². The average molecular weight is 424 g/mol. The van der Waals surface area contributed by atoms with Gasteiger partial charge in [-0.15, -0.1) is 0 Å². The summed E-state index contributed by atoms with van der Waals surface area (Å²) in [6.07, 6.45) is 1.94. The maximum Gasteiger partial charge on any atom is 0.262 e. The molecule has 0 unspecified atom stereocenters. The largest absolute Gasteiger partial charge is 0.376 e. The maximum absolute atomic E-state index is 13.1. The number of rotatable bonds is 6. The monoisotopic (exact) mass is 423 g/mol. The van der Waals surface area contributed by atoms with Crippen molar-refractivity contribution in [1.82, 2.24) is 9.55 Å². The highest BCUT2D eigenvalue weighted by Crippen LogP contribution is 2.22. The zero-order valence-electron chi connectivity index (χ0n) is 17.2. The molecule has 1 atom stereocenters. The number of ether oxygens (including phenoxy) is 1. The van der Waals surface area contributed by atoms with E-state index < -0.39 is 0 Å². The Kier molecular flexibility index (Phi) is 6.20. The lowest BCUT2D eigenvalue weighted by Gasteiger charge is -2.16. The summed E-state index contributed by atoms with van der Waals surface area (Å²) in [5.41, 5.74) is 3.53. The van der Waals surface area contributed by atoms with Gasteiger partial charge in [0, 0.05) is 12.3 Å². The van der Waals surface area contributed by atoms with Crippen LogP contribution in [-0.2, 0) is 16.1 Å². The highest BCUT2D eigenvalue weighted by atomic mass is 32.2. The van der Waals surface area contributed by atoms with Crippen molar-refractivity contribution in [2.45, 2.75) is 44.5 Å². The van der Waals surface area contributed by atoms with Crippen LogP contribution in [0.5, 0.6) is 0 Å². The van der Waals surface area contributed by atoms with Crippen LogP contribution in [-0.4, -0.2) is 33.9 Å². The number of nitrogens with one attached hydrogen (secondary N) is 1. The van der Waals surface area contributed by atoms with Crippen molar-refractivity contribution in [2.24, 2.45) is 0 Å². The molecule has 1 N–H and O–H groups in total. The zero-order valence-corrected chi connectivity index (χ0v) is 18.0. The van der Waals surface area contributed by atoms with Crippen LogP contribution in [0.25, 0.3) is 10.9 Å². The second kappa shape index (κ2) is 9.02. The Morgan fingerprint density at radius 2 is 2.00 bits per heavy atom. The Morgan fingerprint density at radius 1 is 1.23 bits per heavy atom. The van der Waals surface area contributed by atoms with E-state index in [4.69, 9.17) is 4.74 Å². The number of aryl methyl sites for hydroxylation is 2. The summed E-state index contributed by atoms with van der Waals surface area (Å²) in [7, 11) is 0. The normalized spacial score (nSPS) is 16.1. The van der Waals surface area contributed by atoms with Gasteiger partial charge in [-0.05, 0) is 62.1 Å². The van der Waals surface area contributed by atoms with Gasteiger partial charge in [0.2, 0.25) is 5.91 Å². The quantitative estimate of drug-likeness (QED) is 0.480. The standard InChI is InChI=1S/C23H25N3O3S/c1-15-10-16(2)12-17(11-15)24-21(27)14-30-23-25-20-8-4-3-7-19(20)22(28)26(23)13-18-6-5-9-29-18/h3-4,7-8,10-12,18H,5-6,9,13-14H2,1-2H3,(H,24,27)/t18-/m0/s1. The van der Waals surface area contributed by atoms with Crippen LogP contribution in [0.15, 0.2) is 52.4 Å². The molecule has 1 saturated heterocycles. The van der Waals surface area contributed by atoms with Gasteiger partial charge in [-0.3, -0.25) is 14.2 Å². The molecule has 2 heterocycles. The van der Waals surface area contributed by atoms with Gasteiger partial charge in [-0.2, -0.15) is 0 Å². The molecule has 0 spiro atoms. The third-order valence-corrected chi connectivity index (χ3v) is 6.05. The van der Waals surface area contributed by atoms with Gasteiger partial charge in [0.25, 0.3) is 5.56 Å². The van der Waals surface area contributed by atoms with Gasteiger partial charge in [-0.1, -0.05) is 30.0 Å². The Morgan fingerprint density at radius 3 is 2.73 bits per heavy atom. The van der Waals surface area contributed by atoms with Crippen LogP contribution in [0, 0.1) is 13.8 Å². The van der Waals surface area contributed by atoms with E-state index in [0.717, 1.165) is 36.3 Å². The predicted octanol–water partition coefficient (Wildman–Crippen LogP) is 3.92. The van der Waals surface area contributed by atoms with Crippen molar-refractivity contribution in [1.29, 1.82) is 0 Å². The average Bonchev–Trinajstić information content (AvgIpc) is 3.21. The molecule has 4 rings (SSSR count). The van der Waals surface area contributed by atoms with E-state index in [2.05, 4.69) is 16.4 Å². The van der Waals surface area contributed by atoms with E-state index in [-0.39, 0.29) is 23.3 Å². The highest BCUT2D eigenvalue weighted by molar-refractivity contribution is 7.99. The number of anilines is 1. The smallest absolute Gasteiger partial charge is 0.262 e. The molecule has 3 aromatic rings. The minimum atomic E-state index is -0.129. The molecule has 30 heavy (non-hydrogen) atoms. The van der Waals surface area contributed by atoms with E-state index in [0.29, 0.717) is 22.6 Å². The minimum absolute atomic E-state index is 0.00843. The van der Waals surface area contributed by atoms with Crippen LogP contribution >= 0.6 is 11.8 Å². The summed E-state index contributed by atoms with van der Waals surface area (Å²) in [4.78, 5) is 30.3. The highest BCUT2D eigenvalue weighted by Gasteiger charge is 2.20. The van der Waals surface area contributed by atoms with Gasteiger partial charge in [0.15, 0.2) is 5.16 Å². The Bertz CT molecular complexity index is 1120. The number of thioether (sulfide) groups is 1. The molecule has 1 fully saturated rings. The molecule has 0 bridgehead atoms. The summed E-state index contributed by atoms with van der Waals surface area (Å²) in [6.45, 7) is 5.18. The van der Waals surface area contributed by atoms with Crippen LogP contribution in [0.4, 0.5) is 5.69 Å². The van der Waals surface area contributed by atoms with E-state index in [1.165, 1.54) is 11.8 Å². The molecular formula is C23H25N3O3S. The first-order chi connectivity index (χ1) is 14.5. The van der Waals surface area contributed by atoms with Crippen LogP contribution in [0.1, 0.15) is 24.0 Å². The molecule has 1 aromatic heterocycles. The number of aromatic nitrogens is 2. The number of carbonyl (C=O) groups is 1. The summed E-state index contributed by atoms with van der Waals surface area (Å²) >= 11 is 1.28. The van der Waals surface area contributed by atoms with Gasteiger partial charge >= 0.3 is 0 Å². The number of carbonyl (C=O) groups excluding carboxylic acids is 1. The van der Waals surface area contributed by atoms with Crippen LogP contribution in [0.2, 0.25) is 0 Å². The summed E-state index contributed by atoms with van der Waals surface area (Å²) < 4.78 is 7.39. The lowest BCUT2D eigenvalue weighted by atomic mass is 10.1. The Labute approximate surface area is 179 Å². The molecule has 2 aromatic carbocycles. The molecule has 0 saturated carbocycles. The van der Waals surface area contributed by atoms with E-state index >= 15 is 0 Å². The van der Waals surface area contributed by atoms with Gasteiger partial charge in [0.1, 0.15) is 0 Å². The topological polar surface area (TPSA) is 73.2 Å². The fourth-order valence-electron chi connectivity index (χ4n) is 3.78. The van der Waals surface area contributed by atoms with Crippen LogP contribution in [0.3, 0.4) is 0 Å². The third-order valence-electron chi connectivity index (χ3n) is 5.07. The Balaban J connectivity index is 1.56. The first-order valence-electron chi connectivity index (χ1n) is 10.1. The van der Waals surface area contributed by atoms with Gasteiger partial charge < -0.3 is 10.1 Å². The lowest BCUT2D eigenvalue weighted by Crippen LogP contribution is -2.29. The van der Waals surface area contributed by atoms with Crippen molar-refractivity contribution in [3.05, 3.63) is 63.9 Å². The van der Waals surface area contributed by atoms with E-state index in [1.807, 2.05) is 44.2 Å². The molecule has 0 aliphatic carbocycles. The fourth-order valence-corrected chi connectivity index (χ4v) is 4.59. The fraction of sp³-hybridized carbons (Fsp3) is 0.348. The summed E-state index contributed by atoms with van der Waals surface area (Å²) in [5, 5.41) is 4.07. The molecule has 6 nitrogen and oxygen atoms in total. The molecule has 1 aliphatic heterocycles. The number of nitrogens with zero attached hydrogens (tertiary/aromatic N) is 2. The molecular weight excluding hydrogens is 398 g/mol. The summed E-state index contributed by atoms with van der Waals surface area (Å²) in [5.74, 6) is 0.0413. The second-order valence-electron chi connectivity index (χ2n) is 7.68. The molecule has 1 aliphatic rings. The third kappa shape index (κ3) is 4.74. The van der Waals surface area contributed by atoms with Gasteiger partial charge in [-0.25, -0.2) is 4.98 Å². The van der Waals surface area contributed by atoms with E-state index in [1.54, 1.807) is 10.6 Å². The lowest BCUT2D eigenvalue weighted by molar-refractivity contribution is -0.113. The number of benzene rings is 2. The number of fused-ring (bicyclic) bond motifs is 1. The van der Waals surface area contributed by atoms with Crippen molar-refractivity contribution in [3.8, 4) is 0 Å². The first-order valence-corrected chi connectivity index (χ1v) is 11.1. The van der Waals surface area contributed by atoms with Crippen molar-refractivity contribution in [3.63, 3.8) is 0 Å². The number of hydrogen-bond acceptors (Lipinski definition) is 5. The number of hydrogen-bond donors (Lipinski definition) is 1. The summed E-state index contributed by atoms with van der Waals surface area (Å²) in [6, 6.07) is 13.3.